The number of fused-ring (bicyclic) bond motifs is 2. The number of benzene rings is 2. The number of thiol groups is 1. The number of carbonyl (C=O) groups is 4. The molecule has 4 aliphatic rings. The fourth-order valence-electron chi connectivity index (χ4n) is 10.1. The molecule has 0 bridgehead atoms. The Morgan fingerprint density at radius 1 is 0.625 bits per heavy atom. The number of rotatable bonds is 6. The first kappa shape index (κ1) is 47.8. The van der Waals surface area contributed by atoms with Crippen molar-refractivity contribution < 1.29 is 19.2 Å². The third-order valence-electron chi connectivity index (χ3n) is 14.0. The molecular weight excluding hydrogens is 997 g/mol. The molecule has 0 unspecified atom stereocenters. The first-order valence-electron chi connectivity index (χ1n) is 23.2. The molecule has 8 N–H and O–H groups in total. The molecule has 6 aromatic heterocycles. The number of pyridine rings is 2. The standard InChI is InChI=1S/C25H22BrN7O2.C25H23N7O2.BHNS/c26-19-20(15-8-10-25(11-9-15)23(34)31-24(35)32-25)30-22-17(13-29-33(22)21(19)27)16-6-7-18(28-12-16)14-4-2-1-3-5-14;26-21-12-20(16-8-10-25(11-9-16)23(33)30-24(34)31-25)29-22-18(14-28-32(21)22)17-6-7-19(27-13-17)15-4-2-1-3-5-15;1-2-3/h1-7,12-13,15H,8-11,27H2,(H2,31,32,34,35);1-7,12-14,16H,8-11,26H2,(H2,30,31,33,34);3H. The molecule has 22 heteroatoms. The van der Waals surface area contributed by atoms with E-state index in [1.54, 1.807) is 21.4 Å². The Bertz CT molecular complexity index is 3380. The SMILES string of the molecule is Nc1c(Br)c(C2CCC3(CC2)NC(=O)NC3=O)nc2c(-c3ccc(-c4ccccc4)nc3)cnn12.Nc1cc(C2CCC3(CC2)NC(=O)NC3=O)nc2c(-c3ccc(-c4ccccc4)nc3)cnn12.[B]=NS. The number of anilines is 2. The van der Waals surface area contributed by atoms with Crippen LogP contribution in [0.2, 0.25) is 0 Å². The van der Waals surface area contributed by atoms with Crippen LogP contribution in [0.25, 0.3) is 56.1 Å². The van der Waals surface area contributed by atoms with Gasteiger partial charge in [0.15, 0.2) is 11.3 Å². The van der Waals surface area contributed by atoms with Crippen LogP contribution in [0.3, 0.4) is 0 Å². The molecule has 6 amide bonds. The van der Waals surface area contributed by atoms with Crippen molar-refractivity contribution in [3.63, 3.8) is 0 Å². The number of nitrogen functional groups attached to an aromatic ring is 2. The summed E-state index contributed by atoms with van der Waals surface area (Å²) in [6.07, 6.45) is 12.3. The first-order valence-corrected chi connectivity index (χ1v) is 24.4. The zero-order valence-electron chi connectivity index (χ0n) is 38.5. The van der Waals surface area contributed by atoms with Gasteiger partial charge in [-0.15, -0.1) is 0 Å². The summed E-state index contributed by atoms with van der Waals surface area (Å²) in [5.41, 5.74) is 21.6. The number of carbonyl (C=O) groups excluding carboxylic acids is 4. The van der Waals surface area contributed by atoms with E-state index in [4.69, 9.17) is 21.4 Å². The second-order valence-corrected chi connectivity index (χ2v) is 19.2. The minimum atomic E-state index is -0.816. The van der Waals surface area contributed by atoms with E-state index in [1.165, 1.54) is 0 Å². The van der Waals surface area contributed by atoms with Crippen LogP contribution in [0.5, 0.6) is 0 Å². The van der Waals surface area contributed by atoms with Crippen molar-refractivity contribution in [2.75, 3.05) is 11.5 Å². The van der Waals surface area contributed by atoms with Gasteiger partial charge in [0.25, 0.3) is 11.8 Å². The summed E-state index contributed by atoms with van der Waals surface area (Å²) in [5, 5.41) is 19.3. The van der Waals surface area contributed by atoms with E-state index in [-0.39, 0.29) is 23.7 Å². The van der Waals surface area contributed by atoms with Crippen LogP contribution in [0, 0.1) is 0 Å². The van der Waals surface area contributed by atoms with Gasteiger partial charge < -0.3 is 22.1 Å². The average Bonchev–Trinajstić information content (AvgIpc) is 4.17. The van der Waals surface area contributed by atoms with Crippen molar-refractivity contribution in [1.29, 1.82) is 0 Å². The van der Waals surface area contributed by atoms with Gasteiger partial charge in [-0.2, -0.15) is 19.2 Å². The van der Waals surface area contributed by atoms with Gasteiger partial charge in [-0.3, -0.25) is 30.2 Å². The zero-order valence-corrected chi connectivity index (χ0v) is 41.0. The Kier molecular flexibility index (Phi) is 13.1. The van der Waals surface area contributed by atoms with Gasteiger partial charge >= 0.3 is 36.8 Å². The van der Waals surface area contributed by atoms with Gasteiger partial charge in [-0.25, -0.2) is 19.6 Å². The van der Waals surface area contributed by atoms with E-state index in [2.05, 4.69) is 82.1 Å². The molecule has 8 aromatic rings. The van der Waals surface area contributed by atoms with Crippen LogP contribution in [0.1, 0.15) is 74.6 Å². The molecule has 4 fully saturated rings. The van der Waals surface area contributed by atoms with Crippen molar-refractivity contribution in [3.8, 4) is 44.8 Å². The van der Waals surface area contributed by atoms with Crippen LogP contribution in [-0.2, 0) is 9.59 Å². The number of imide groups is 2. The Hall–Kier alpha value is -7.85. The molecule has 2 aromatic carbocycles. The second kappa shape index (κ2) is 19.7. The van der Waals surface area contributed by atoms with E-state index in [1.807, 2.05) is 103 Å². The number of nitrogens with two attached hydrogens (primary N) is 2. The predicted octanol–water partition coefficient (Wildman–Crippen LogP) is 7.50. The number of hydrogen-bond acceptors (Lipinski definition) is 14. The van der Waals surface area contributed by atoms with E-state index in [9.17, 15) is 19.2 Å². The third kappa shape index (κ3) is 9.06. The molecule has 2 aliphatic heterocycles. The van der Waals surface area contributed by atoms with Crippen molar-refractivity contribution in [1.82, 2.24) is 60.4 Å². The second-order valence-electron chi connectivity index (χ2n) is 18.1. The minimum absolute atomic E-state index is 0.0916. The summed E-state index contributed by atoms with van der Waals surface area (Å²) in [5.74, 6) is 0.735. The van der Waals surface area contributed by atoms with Crippen LogP contribution in [0.15, 0.2) is 125 Å². The molecule has 12 rings (SSSR count). The first-order chi connectivity index (χ1) is 34.9. The molecule has 72 heavy (non-hydrogen) atoms. The number of nitrogens with one attached hydrogen (secondary N) is 4. The van der Waals surface area contributed by atoms with Gasteiger partial charge in [-0.05, 0) is 79.4 Å². The molecule has 8 heterocycles. The number of nitrogens with zero attached hydrogens (tertiary/aromatic N) is 9. The molecule has 2 saturated heterocycles. The fraction of sp³-hybridized carbons (Fsp3) is 0.240. The van der Waals surface area contributed by atoms with Crippen LogP contribution in [0.4, 0.5) is 21.2 Å². The van der Waals surface area contributed by atoms with Gasteiger partial charge in [0.05, 0.1) is 33.9 Å². The molecule has 1 radical (unpaired) electrons. The summed E-state index contributed by atoms with van der Waals surface area (Å²) in [4.78, 5) is 67.1. The molecule has 2 aliphatic carbocycles. The van der Waals surface area contributed by atoms with E-state index < -0.39 is 23.1 Å². The average molecular weight is 1040 g/mol. The van der Waals surface area contributed by atoms with E-state index in [0.717, 1.165) is 69.0 Å². The molecule has 19 nitrogen and oxygen atoms in total. The molecule has 2 saturated carbocycles. The van der Waals surface area contributed by atoms with Gasteiger partial charge in [0.2, 0.25) is 0 Å². The van der Waals surface area contributed by atoms with E-state index >= 15 is 0 Å². The van der Waals surface area contributed by atoms with Gasteiger partial charge in [0.1, 0.15) is 22.7 Å². The van der Waals surface area contributed by atoms with Crippen LogP contribution >= 0.6 is 28.7 Å². The van der Waals surface area contributed by atoms with Gasteiger partial charge in [-0.1, -0.05) is 72.8 Å². The Morgan fingerprint density at radius 2 is 1.08 bits per heavy atom. The zero-order chi connectivity index (χ0) is 50.1. The number of hydrogen-bond donors (Lipinski definition) is 7. The summed E-state index contributed by atoms with van der Waals surface area (Å²) >= 11 is 6.82. The normalized spacial score (nSPS) is 21.3. The number of amides is 6. The maximum absolute atomic E-state index is 12.3. The Morgan fingerprint density at radius 3 is 1.53 bits per heavy atom. The molecule has 2 spiro atoms. The van der Waals surface area contributed by atoms with Crippen molar-refractivity contribution in [2.24, 2.45) is 4.30 Å². The van der Waals surface area contributed by atoms with Crippen LogP contribution in [-0.4, -0.2) is 81.8 Å². The fourth-order valence-corrected chi connectivity index (χ4v) is 10.7. The van der Waals surface area contributed by atoms with Crippen LogP contribution < -0.4 is 32.7 Å². The van der Waals surface area contributed by atoms with E-state index in [0.29, 0.717) is 65.9 Å². The summed E-state index contributed by atoms with van der Waals surface area (Å²) in [6, 6.07) is 29.1. The Balaban J connectivity index is 0.000000157. The predicted molar refractivity (Wildman–Crippen MR) is 278 cm³/mol. The molecule has 361 valence electrons. The number of halogens is 1. The molecular formula is C50H46BBrN15O4S. The maximum atomic E-state index is 12.3. The summed E-state index contributed by atoms with van der Waals surface area (Å²) in [6.45, 7) is 0. The third-order valence-corrected chi connectivity index (χ3v) is 14.8. The Labute approximate surface area is 427 Å². The monoisotopic (exact) mass is 1040 g/mol. The number of aromatic nitrogens is 8. The van der Waals surface area contributed by atoms with Gasteiger partial charge in [0, 0.05) is 69.4 Å². The quantitative estimate of drug-likeness (QED) is 0.0485. The van der Waals surface area contributed by atoms with Crippen molar-refractivity contribution in [2.45, 2.75) is 74.3 Å². The number of urea groups is 2. The molecule has 0 atom stereocenters. The summed E-state index contributed by atoms with van der Waals surface area (Å²) < 4.78 is 6.67. The van der Waals surface area contributed by atoms with Crippen molar-refractivity contribution >= 4 is 83.2 Å². The topological polar surface area (TPSA) is 267 Å². The van der Waals surface area contributed by atoms with Crippen molar-refractivity contribution in [3.05, 3.63) is 132 Å². The summed E-state index contributed by atoms with van der Waals surface area (Å²) in [7, 11) is 4.34.